The molecule has 2 heterocycles. The van der Waals surface area contributed by atoms with Gasteiger partial charge in [-0.05, 0) is 48.4 Å². The first-order chi connectivity index (χ1) is 11.7. The molecule has 1 aliphatic heterocycles. The summed E-state index contributed by atoms with van der Waals surface area (Å²) in [6.07, 6.45) is 3.49. The molecule has 2 amide bonds. The Morgan fingerprint density at radius 1 is 1.08 bits per heavy atom. The van der Waals surface area contributed by atoms with E-state index < -0.39 is 0 Å². The summed E-state index contributed by atoms with van der Waals surface area (Å²) in [7, 11) is 0. The van der Waals surface area contributed by atoms with E-state index in [9.17, 15) is 9.59 Å². The first kappa shape index (κ1) is 16.7. The minimum atomic E-state index is 0.0561. The van der Waals surface area contributed by atoms with E-state index in [0.29, 0.717) is 13.0 Å². The monoisotopic (exact) mass is 342 g/mol. The number of likely N-dealkylation sites (tertiary alicyclic amines) is 1. The maximum Gasteiger partial charge on any atom is 0.253 e. The summed E-state index contributed by atoms with van der Waals surface area (Å²) in [6.45, 7) is 2.23. The van der Waals surface area contributed by atoms with Crippen LogP contribution in [-0.2, 0) is 17.8 Å². The van der Waals surface area contributed by atoms with Crippen LogP contribution in [0.25, 0.3) is 0 Å². The summed E-state index contributed by atoms with van der Waals surface area (Å²) >= 11 is 1.68. The molecule has 1 aliphatic rings. The van der Waals surface area contributed by atoms with Gasteiger partial charge in [0.1, 0.15) is 0 Å². The quantitative estimate of drug-likeness (QED) is 0.876. The normalized spacial score (nSPS) is 13.9. The minimum Gasteiger partial charge on any atom is -0.352 e. The number of nitrogens with one attached hydrogen (secondary N) is 1. The minimum absolute atomic E-state index is 0.0561. The molecule has 0 saturated carbocycles. The van der Waals surface area contributed by atoms with Crippen LogP contribution in [0.3, 0.4) is 0 Å². The van der Waals surface area contributed by atoms with Crippen LogP contribution in [0.5, 0.6) is 0 Å². The summed E-state index contributed by atoms with van der Waals surface area (Å²) in [5, 5.41) is 4.96. The number of aryl methyl sites for hydroxylation is 1. The van der Waals surface area contributed by atoms with Gasteiger partial charge in [-0.1, -0.05) is 18.2 Å². The highest BCUT2D eigenvalue weighted by Gasteiger charge is 2.19. The number of hydrogen-bond donors (Lipinski definition) is 1. The van der Waals surface area contributed by atoms with Crippen molar-refractivity contribution in [1.29, 1.82) is 0 Å². The van der Waals surface area contributed by atoms with E-state index in [0.717, 1.165) is 43.5 Å². The zero-order valence-electron chi connectivity index (χ0n) is 13.7. The zero-order chi connectivity index (χ0) is 16.8. The van der Waals surface area contributed by atoms with Gasteiger partial charge in [-0.15, -0.1) is 11.3 Å². The molecule has 0 spiro atoms. The molecule has 24 heavy (non-hydrogen) atoms. The van der Waals surface area contributed by atoms with Crippen LogP contribution in [0.1, 0.15) is 40.1 Å². The summed E-state index contributed by atoms with van der Waals surface area (Å²) in [5.41, 5.74) is 1.74. The lowest BCUT2D eigenvalue weighted by molar-refractivity contribution is -0.121. The molecular formula is C19H22N2O2S. The van der Waals surface area contributed by atoms with Gasteiger partial charge in [-0.25, -0.2) is 0 Å². The predicted molar refractivity (Wildman–Crippen MR) is 96.1 cm³/mol. The van der Waals surface area contributed by atoms with Crippen molar-refractivity contribution in [2.75, 3.05) is 13.1 Å². The van der Waals surface area contributed by atoms with Gasteiger partial charge in [0.15, 0.2) is 0 Å². The Morgan fingerprint density at radius 3 is 2.50 bits per heavy atom. The van der Waals surface area contributed by atoms with E-state index in [1.807, 2.05) is 46.7 Å². The number of thiophene rings is 1. The Kier molecular flexibility index (Phi) is 5.64. The van der Waals surface area contributed by atoms with Crippen molar-refractivity contribution >= 4 is 23.2 Å². The molecule has 0 unspecified atom stereocenters. The number of nitrogens with zero attached hydrogens (tertiary/aromatic N) is 1. The van der Waals surface area contributed by atoms with Crippen LogP contribution in [0, 0.1) is 0 Å². The molecule has 1 N–H and O–H groups in total. The van der Waals surface area contributed by atoms with Gasteiger partial charge in [-0.2, -0.15) is 0 Å². The molecule has 2 aromatic rings. The Bertz CT molecular complexity index is 674. The van der Waals surface area contributed by atoms with E-state index in [2.05, 4.69) is 5.32 Å². The van der Waals surface area contributed by atoms with E-state index in [1.54, 1.807) is 11.3 Å². The van der Waals surface area contributed by atoms with Crippen molar-refractivity contribution in [2.24, 2.45) is 0 Å². The van der Waals surface area contributed by atoms with Crippen LogP contribution >= 0.6 is 11.3 Å². The second-order valence-electron chi connectivity index (χ2n) is 6.05. The topological polar surface area (TPSA) is 49.4 Å². The zero-order valence-corrected chi connectivity index (χ0v) is 14.5. The second-order valence-corrected chi connectivity index (χ2v) is 7.08. The van der Waals surface area contributed by atoms with Gasteiger partial charge in [-0.3, -0.25) is 9.59 Å². The first-order valence-corrected chi connectivity index (χ1v) is 9.27. The molecule has 4 nitrogen and oxygen atoms in total. The van der Waals surface area contributed by atoms with Crippen LogP contribution in [0.15, 0.2) is 41.8 Å². The van der Waals surface area contributed by atoms with Gasteiger partial charge < -0.3 is 10.2 Å². The van der Waals surface area contributed by atoms with Crippen LogP contribution in [0.4, 0.5) is 0 Å². The van der Waals surface area contributed by atoms with E-state index >= 15 is 0 Å². The molecule has 126 valence electrons. The summed E-state index contributed by atoms with van der Waals surface area (Å²) < 4.78 is 0. The number of carbonyl (C=O) groups excluding carboxylic acids is 2. The molecule has 3 rings (SSSR count). The van der Waals surface area contributed by atoms with Gasteiger partial charge in [0.25, 0.3) is 5.91 Å². The van der Waals surface area contributed by atoms with Crippen molar-refractivity contribution in [3.8, 4) is 0 Å². The number of rotatable bonds is 6. The molecule has 1 fully saturated rings. The molecule has 5 heteroatoms. The fourth-order valence-electron chi connectivity index (χ4n) is 2.85. The SMILES string of the molecule is O=C(CCc1cccs1)NCc1ccc(C(=O)N2CCCC2)cc1. The Labute approximate surface area is 146 Å². The van der Waals surface area contributed by atoms with Crippen molar-refractivity contribution in [2.45, 2.75) is 32.2 Å². The summed E-state index contributed by atoms with van der Waals surface area (Å²) in [4.78, 5) is 27.3. The third-order valence-corrected chi connectivity index (χ3v) is 5.20. The van der Waals surface area contributed by atoms with E-state index in [4.69, 9.17) is 0 Å². The van der Waals surface area contributed by atoms with E-state index in [1.165, 1.54) is 4.88 Å². The maximum atomic E-state index is 12.3. The van der Waals surface area contributed by atoms with Gasteiger partial charge in [0, 0.05) is 36.5 Å². The first-order valence-electron chi connectivity index (χ1n) is 8.40. The Morgan fingerprint density at radius 2 is 1.83 bits per heavy atom. The third-order valence-electron chi connectivity index (χ3n) is 4.26. The molecule has 0 aliphatic carbocycles. The van der Waals surface area contributed by atoms with E-state index in [-0.39, 0.29) is 11.8 Å². The van der Waals surface area contributed by atoms with Gasteiger partial charge >= 0.3 is 0 Å². The number of benzene rings is 1. The lowest BCUT2D eigenvalue weighted by Gasteiger charge is -2.15. The summed E-state index contributed by atoms with van der Waals surface area (Å²) in [6, 6.07) is 11.6. The molecule has 0 bridgehead atoms. The van der Waals surface area contributed by atoms with Crippen molar-refractivity contribution in [1.82, 2.24) is 10.2 Å². The van der Waals surface area contributed by atoms with Crippen molar-refractivity contribution in [3.05, 3.63) is 57.8 Å². The molecule has 1 saturated heterocycles. The highest BCUT2D eigenvalue weighted by atomic mass is 32.1. The van der Waals surface area contributed by atoms with Gasteiger partial charge in [0.05, 0.1) is 0 Å². The highest BCUT2D eigenvalue weighted by molar-refractivity contribution is 7.09. The average molecular weight is 342 g/mol. The average Bonchev–Trinajstić information content (AvgIpc) is 3.31. The number of amides is 2. The lowest BCUT2D eigenvalue weighted by Crippen LogP contribution is -2.27. The van der Waals surface area contributed by atoms with Crippen LogP contribution < -0.4 is 5.32 Å². The fraction of sp³-hybridized carbons (Fsp3) is 0.368. The molecule has 1 aromatic carbocycles. The molecule has 0 radical (unpaired) electrons. The summed E-state index contributed by atoms with van der Waals surface area (Å²) in [5.74, 6) is 0.166. The third kappa shape index (κ3) is 4.45. The highest BCUT2D eigenvalue weighted by Crippen LogP contribution is 2.14. The molecular weight excluding hydrogens is 320 g/mol. The van der Waals surface area contributed by atoms with Crippen LogP contribution in [-0.4, -0.2) is 29.8 Å². The molecule has 0 atom stereocenters. The van der Waals surface area contributed by atoms with Gasteiger partial charge in [0.2, 0.25) is 5.91 Å². The lowest BCUT2D eigenvalue weighted by atomic mass is 10.1. The standard InChI is InChI=1S/C19H22N2O2S/c22-18(10-9-17-4-3-13-24-17)20-14-15-5-7-16(8-6-15)19(23)21-11-1-2-12-21/h3-8,13H,1-2,9-12,14H2,(H,20,22). The molecule has 1 aromatic heterocycles. The smallest absolute Gasteiger partial charge is 0.253 e. The predicted octanol–water partition coefficient (Wildman–Crippen LogP) is 3.23. The Hall–Kier alpha value is -2.14. The largest absolute Gasteiger partial charge is 0.352 e. The number of carbonyl (C=O) groups is 2. The van der Waals surface area contributed by atoms with Crippen molar-refractivity contribution < 1.29 is 9.59 Å². The fourth-order valence-corrected chi connectivity index (χ4v) is 3.56. The van der Waals surface area contributed by atoms with Crippen LogP contribution in [0.2, 0.25) is 0 Å². The second kappa shape index (κ2) is 8.11. The number of hydrogen-bond acceptors (Lipinski definition) is 3. The Balaban J connectivity index is 1.45. The maximum absolute atomic E-state index is 12.3. The van der Waals surface area contributed by atoms with Crippen molar-refractivity contribution in [3.63, 3.8) is 0 Å².